The standard InChI is InChI=1S/C58H100N24O21/c1-27(83)72-32(9-17-40(62)85)51(97)80-36(13-21-44(66)89)55(101)76-31(7-4-26-71-58(69)70)50(96)79-35(12-20-43(65)88)54(100)75-29(5-2-24-59)48(94)77-34(11-19-42(64)87)53(99)74-30(6-3-25-60)49(95)78-37(14-22-45(67)90)56(102)82-38(15-23-46(91)92)57(103)81-33(10-18-41(63)86)52(98)73-28(47(68)93)8-16-39(61)84/h28-38H,2-26,59-60H2,1H3,(H2,61,84)(H2,62,85)(H2,63,86)(H2,64,87)(H2,65,88)(H2,66,89)(H2,67,90)(H2,68,93)(H,72,83)(H,73,98)(H,74,99)(H,75,100)(H,76,101)(H,77,94)(H,78,95)(H,79,96)(H,80,97)(H,81,103)(H,82,102)(H,91,92)(H4,69,70,71)/t28-,29-,30-,31-,32-,33-,34-,35-,36-,37-,38-/m0/s1. The third-order valence-corrected chi connectivity index (χ3v) is 14.8. The first kappa shape index (κ1) is 91.6. The molecule has 36 N–H and O–H groups in total. The van der Waals surface area contributed by atoms with Crippen molar-refractivity contribution in [2.75, 3.05) is 19.6 Å². The van der Waals surface area contributed by atoms with Crippen LogP contribution in [0.1, 0.15) is 148 Å². The molecule has 45 heteroatoms. The minimum atomic E-state index is -1.90. The highest BCUT2D eigenvalue weighted by molar-refractivity contribution is 6.00. The molecule has 0 spiro atoms. The fraction of sp³-hybridized carbons (Fsp3) is 0.638. The first-order valence-corrected chi connectivity index (χ1v) is 32.5. The van der Waals surface area contributed by atoms with Crippen LogP contribution in [0.2, 0.25) is 0 Å². The van der Waals surface area contributed by atoms with Gasteiger partial charge in [-0.1, -0.05) is 0 Å². The highest BCUT2D eigenvalue weighted by Crippen LogP contribution is 2.13. The number of primary amides is 8. The Morgan fingerprint density at radius 2 is 0.466 bits per heavy atom. The molecule has 0 unspecified atom stereocenters. The first-order chi connectivity index (χ1) is 48.2. The van der Waals surface area contributed by atoms with Crippen LogP contribution in [0.4, 0.5) is 0 Å². The summed E-state index contributed by atoms with van der Waals surface area (Å²) in [5.41, 5.74) is 59.6. The summed E-state index contributed by atoms with van der Waals surface area (Å²) >= 11 is 0. The molecular weight excluding hydrogens is 1370 g/mol. The van der Waals surface area contributed by atoms with Gasteiger partial charge in [0.25, 0.3) is 0 Å². The maximum absolute atomic E-state index is 14.4. The predicted octanol–water partition coefficient (Wildman–Crippen LogP) is -12.7. The van der Waals surface area contributed by atoms with E-state index in [1.807, 2.05) is 0 Å². The van der Waals surface area contributed by atoms with Crippen LogP contribution in [0.3, 0.4) is 0 Å². The molecule has 103 heavy (non-hydrogen) atoms. The topological polar surface area (TPSA) is 816 Å². The van der Waals surface area contributed by atoms with Gasteiger partial charge in [-0.05, 0) is 103 Å². The van der Waals surface area contributed by atoms with Crippen molar-refractivity contribution in [3.8, 4) is 0 Å². The predicted molar refractivity (Wildman–Crippen MR) is 358 cm³/mol. The molecule has 0 aromatic carbocycles. The monoisotopic (exact) mass is 1470 g/mol. The number of carbonyl (C=O) groups is 20. The van der Waals surface area contributed by atoms with Crippen molar-refractivity contribution in [3.05, 3.63) is 0 Å². The van der Waals surface area contributed by atoms with Crippen molar-refractivity contribution in [2.45, 2.75) is 215 Å². The molecule has 11 atom stereocenters. The van der Waals surface area contributed by atoms with Crippen molar-refractivity contribution >= 4 is 124 Å². The summed E-state index contributed by atoms with van der Waals surface area (Å²) in [6.45, 7) is 0.718. The van der Waals surface area contributed by atoms with Gasteiger partial charge >= 0.3 is 5.97 Å². The number of amides is 19. The number of carboxylic acid groups (broad SMARTS) is 1. The van der Waals surface area contributed by atoms with E-state index in [0.29, 0.717) is 0 Å². The van der Waals surface area contributed by atoms with Gasteiger partial charge in [-0.15, -0.1) is 0 Å². The maximum atomic E-state index is 14.4. The number of carboxylic acids is 1. The number of aliphatic carboxylic acids is 1. The van der Waals surface area contributed by atoms with E-state index >= 15 is 0 Å². The highest BCUT2D eigenvalue weighted by Gasteiger charge is 2.37. The summed E-state index contributed by atoms with van der Waals surface area (Å²) in [5.74, 6) is -22.3. The molecule has 0 fully saturated rings. The Kier molecular flexibility index (Phi) is 43.7. The second-order valence-corrected chi connectivity index (χ2v) is 23.6. The second kappa shape index (κ2) is 49.2. The van der Waals surface area contributed by atoms with Gasteiger partial charge in [-0.3, -0.25) is 101 Å². The van der Waals surface area contributed by atoms with Gasteiger partial charge < -0.3 is 132 Å². The molecule has 0 radical (unpaired) electrons. The molecule has 0 aliphatic heterocycles. The molecule has 0 aromatic rings. The average Bonchev–Trinajstić information content (AvgIpc) is 0.867. The Labute approximate surface area is 590 Å². The minimum Gasteiger partial charge on any atom is -0.481 e. The van der Waals surface area contributed by atoms with Gasteiger partial charge in [0, 0.05) is 64.8 Å². The zero-order valence-electron chi connectivity index (χ0n) is 57.0. The summed E-state index contributed by atoms with van der Waals surface area (Å²) in [6.07, 6.45) is -10.0. The first-order valence-electron chi connectivity index (χ1n) is 32.5. The number of guanidine groups is 1. The van der Waals surface area contributed by atoms with Gasteiger partial charge in [0.2, 0.25) is 112 Å². The smallest absolute Gasteiger partial charge is 0.303 e. The van der Waals surface area contributed by atoms with E-state index in [-0.39, 0.29) is 64.6 Å². The van der Waals surface area contributed by atoms with Crippen LogP contribution in [0.25, 0.3) is 0 Å². The number of nitrogens with two attached hydrogens (primary N) is 11. The molecule has 0 rings (SSSR count). The van der Waals surface area contributed by atoms with Gasteiger partial charge in [0.1, 0.15) is 66.5 Å². The third-order valence-electron chi connectivity index (χ3n) is 14.8. The van der Waals surface area contributed by atoms with E-state index in [2.05, 4.69) is 63.8 Å². The van der Waals surface area contributed by atoms with Gasteiger partial charge in [-0.25, -0.2) is 0 Å². The molecule has 0 heterocycles. The summed E-state index contributed by atoms with van der Waals surface area (Å²) in [5, 5.41) is 45.2. The van der Waals surface area contributed by atoms with E-state index in [0.717, 1.165) is 6.92 Å². The maximum Gasteiger partial charge on any atom is 0.303 e. The largest absolute Gasteiger partial charge is 0.481 e. The summed E-state index contributed by atoms with van der Waals surface area (Å²) < 4.78 is 0. The Morgan fingerprint density at radius 1 is 0.282 bits per heavy atom. The van der Waals surface area contributed by atoms with Crippen molar-refractivity contribution in [2.24, 2.45) is 63.1 Å². The van der Waals surface area contributed by atoms with Crippen molar-refractivity contribution in [1.82, 2.24) is 63.8 Å². The van der Waals surface area contributed by atoms with Crippen LogP contribution in [0.15, 0.2) is 0 Å². The Morgan fingerprint density at radius 3 is 0.650 bits per heavy atom. The molecular formula is C58H100N24O21. The zero-order valence-corrected chi connectivity index (χ0v) is 57.0. The van der Waals surface area contributed by atoms with E-state index in [1.54, 1.807) is 0 Å². The lowest BCUT2D eigenvalue weighted by molar-refractivity contribution is -0.139. The number of carbonyl (C=O) groups excluding carboxylic acids is 19. The van der Waals surface area contributed by atoms with Crippen molar-refractivity contribution in [1.29, 1.82) is 5.41 Å². The minimum absolute atomic E-state index is 0.0353. The molecule has 19 amide bonds. The van der Waals surface area contributed by atoms with E-state index in [1.165, 1.54) is 0 Å². The summed E-state index contributed by atoms with van der Waals surface area (Å²) in [6, 6.07) is -18.9. The molecule has 0 saturated heterocycles. The lowest BCUT2D eigenvalue weighted by Crippen LogP contribution is -2.61. The Hall–Kier alpha value is -11.4. The SMILES string of the molecule is CC(=O)N[C@@H](CCC(N)=O)C(=O)N[C@@H](CCC(N)=O)C(=O)N[C@@H](CCCNC(=N)N)C(=O)N[C@@H](CCC(N)=O)C(=O)N[C@@H](CCCN)C(=O)N[C@@H](CCC(N)=O)C(=O)N[C@@H](CCCN)C(=O)N[C@@H](CCC(N)=O)C(=O)N[C@@H](CCC(=O)O)C(=O)N[C@@H](CCC(N)=O)C(=O)N[C@@H](CCC(N)=O)C(N)=O. The van der Waals surface area contributed by atoms with Crippen LogP contribution in [0.5, 0.6) is 0 Å². The van der Waals surface area contributed by atoms with E-state index in [4.69, 9.17) is 68.5 Å². The van der Waals surface area contributed by atoms with Gasteiger partial charge in [-0.2, -0.15) is 0 Å². The molecule has 0 aliphatic carbocycles. The van der Waals surface area contributed by atoms with Crippen LogP contribution in [0, 0.1) is 5.41 Å². The number of rotatable bonds is 56. The highest BCUT2D eigenvalue weighted by atomic mass is 16.4. The van der Waals surface area contributed by atoms with Gasteiger partial charge in [0.15, 0.2) is 5.96 Å². The van der Waals surface area contributed by atoms with Crippen LogP contribution in [-0.2, 0) is 95.9 Å². The fourth-order valence-electron chi connectivity index (χ4n) is 9.39. The third kappa shape index (κ3) is 41.1. The molecule has 578 valence electrons. The van der Waals surface area contributed by atoms with Gasteiger partial charge in [0.05, 0.1) is 0 Å². The normalized spacial score (nSPS) is 14.0. The summed E-state index contributed by atoms with van der Waals surface area (Å²) in [4.78, 5) is 260. The lowest BCUT2D eigenvalue weighted by atomic mass is 10.0. The van der Waals surface area contributed by atoms with Crippen LogP contribution >= 0.6 is 0 Å². The van der Waals surface area contributed by atoms with Crippen molar-refractivity contribution in [3.63, 3.8) is 0 Å². The van der Waals surface area contributed by atoms with E-state index < -0.39 is 287 Å². The summed E-state index contributed by atoms with van der Waals surface area (Å²) in [7, 11) is 0. The Balaban J connectivity index is 7.38. The molecule has 0 bridgehead atoms. The van der Waals surface area contributed by atoms with Crippen LogP contribution < -0.4 is 127 Å². The lowest BCUT2D eigenvalue weighted by Gasteiger charge is -2.28. The zero-order chi connectivity index (χ0) is 78.6. The average molecular weight is 1470 g/mol. The fourth-order valence-corrected chi connectivity index (χ4v) is 9.39. The molecule has 0 aliphatic rings. The molecule has 45 nitrogen and oxygen atoms in total. The van der Waals surface area contributed by atoms with Crippen molar-refractivity contribution < 1.29 is 101 Å². The molecule has 0 aromatic heterocycles. The quantitative estimate of drug-likeness (QED) is 0.0153. The van der Waals surface area contributed by atoms with Crippen LogP contribution in [-0.4, -0.2) is 215 Å². The number of nitrogens with one attached hydrogen (secondary N) is 13. The molecule has 0 saturated carbocycles. The number of hydrogen-bond donors (Lipinski definition) is 25. The second-order valence-electron chi connectivity index (χ2n) is 23.6. The Bertz CT molecular complexity index is 3050. The van der Waals surface area contributed by atoms with E-state index in [9.17, 15) is 101 Å². The number of hydrogen-bond acceptors (Lipinski definition) is 23.